The van der Waals surface area contributed by atoms with Gasteiger partial charge in [-0.05, 0) is 43.4 Å². The summed E-state index contributed by atoms with van der Waals surface area (Å²) in [5.74, 6) is 0.170. The van der Waals surface area contributed by atoms with Crippen LogP contribution in [-0.2, 0) is 16.6 Å². The minimum Gasteiger partial charge on any atom is -0.693 e. The van der Waals surface area contributed by atoms with Crippen molar-refractivity contribution in [2.45, 2.75) is 59.6 Å². The third kappa shape index (κ3) is 8.92. The molecule has 168 valence electrons. The Morgan fingerprint density at radius 1 is 1.39 bits per heavy atom. The molecule has 2 unspecified atom stereocenters. The molecule has 1 aromatic carbocycles. The number of nitrogens with one attached hydrogen (secondary N) is 1. The number of carbonyl (C=O) groups excluding carboxylic acids is 2. The van der Waals surface area contributed by atoms with Crippen LogP contribution >= 0.6 is 0 Å². The fraction of sp³-hybridized carbons (Fsp3) is 0.591. The Morgan fingerprint density at radius 3 is 2.55 bits per heavy atom. The molecule has 0 saturated carbocycles. The number of likely N-dealkylation sites (tertiary alicyclic amines) is 1. The monoisotopic (exact) mass is 457 g/mol. The van der Waals surface area contributed by atoms with Gasteiger partial charge in [0.15, 0.2) is 0 Å². The van der Waals surface area contributed by atoms with Crippen molar-refractivity contribution in [3.8, 4) is 0 Å². The van der Waals surface area contributed by atoms with Gasteiger partial charge in [0.25, 0.3) is 0 Å². The number of benzene rings is 1. The minimum absolute atomic E-state index is 0. The molecule has 0 aliphatic carbocycles. The number of aromatic nitrogens is 2. The number of amides is 2. The SMILES string of the molecule is CC(C)(C)CC(=O)N1CCC(O)C1.Cc1nn(C)c2ccc(C(C)NC=O)cc12.[K+].[NH2-]. The number of nitrogens with two attached hydrogens (primary N) is 1. The second kappa shape index (κ2) is 13.0. The third-order valence-electron chi connectivity index (χ3n) is 5.07. The van der Waals surface area contributed by atoms with Crippen LogP contribution in [0.15, 0.2) is 18.2 Å². The second-order valence-corrected chi connectivity index (χ2v) is 9.01. The maximum atomic E-state index is 11.6. The molecule has 31 heavy (non-hydrogen) atoms. The zero-order valence-corrected chi connectivity index (χ0v) is 23.1. The van der Waals surface area contributed by atoms with Crippen molar-refractivity contribution in [3.63, 3.8) is 0 Å². The Kier molecular flexibility index (Phi) is 12.7. The first kappa shape index (κ1) is 30.2. The maximum absolute atomic E-state index is 11.6. The predicted molar refractivity (Wildman–Crippen MR) is 120 cm³/mol. The number of fused-ring (bicyclic) bond motifs is 1. The number of β-amino-alcohol motifs (C(OH)–C–C–N with tert-alkyl or cyclic N) is 1. The summed E-state index contributed by atoms with van der Waals surface area (Å²) >= 11 is 0. The molecule has 0 bridgehead atoms. The van der Waals surface area contributed by atoms with Gasteiger partial charge in [0.1, 0.15) is 0 Å². The molecule has 3 rings (SSSR count). The Morgan fingerprint density at radius 2 is 2.03 bits per heavy atom. The molecule has 0 spiro atoms. The first-order chi connectivity index (χ1) is 13.5. The molecule has 4 N–H and O–H groups in total. The number of aliphatic hydroxyl groups is 1. The molecule has 0 radical (unpaired) electrons. The van der Waals surface area contributed by atoms with Crippen molar-refractivity contribution in [1.29, 1.82) is 0 Å². The smallest absolute Gasteiger partial charge is 0.693 e. The van der Waals surface area contributed by atoms with Crippen molar-refractivity contribution in [1.82, 2.24) is 20.0 Å². The van der Waals surface area contributed by atoms with Gasteiger partial charge in [0.2, 0.25) is 12.3 Å². The van der Waals surface area contributed by atoms with Crippen LogP contribution in [0.1, 0.15) is 57.8 Å². The summed E-state index contributed by atoms with van der Waals surface area (Å²) in [5, 5.41) is 17.5. The fourth-order valence-corrected chi connectivity index (χ4v) is 3.46. The molecule has 2 aromatic rings. The average molecular weight is 458 g/mol. The van der Waals surface area contributed by atoms with Gasteiger partial charge in [-0.1, -0.05) is 26.8 Å². The van der Waals surface area contributed by atoms with Crippen LogP contribution in [0, 0.1) is 12.3 Å². The van der Waals surface area contributed by atoms with E-state index in [2.05, 4.69) is 37.3 Å². The van der Waals surface area contributed by atoms with Crippen molar-refractivity contribution in [2.24, 2.45) is 12.5 Å². The molecule has 1 saturated heterocycles. The van der Waals surface area contributed by atoms with Crippen LogP contribution in [0.4, 0.5) is 0 Å². The topological polar surface area (TPSA) is 121 Å². The number of carbonyl (C=O) groups is 2. The summed E-state index contributed by atoms with van der Waals surface area (Å²) in [6, 6.07) is 6.17. The van der Waals surface area contributed by atoms with E-state index in [9.17, 15) is 14.7 Å². The largest absolute Gasteiger partial charge is 1.00 e. The number of aryl methyl sites for hydroxylation is 2. The minimum atomic E-state index is -0.302. The predicted octanol–water partition coefficient (Wildman–Crippen LogP) is 0.426. The van der Waals surface area contributed by atoms with Gasteiger partial charge in [-0.2, -0.15) is 5.10 Å². The second-order valence-electron chi connectivity index (χ2n) is 9.01. The van der Waals surface area contributed by atoms with Gasteiger partial charge in [-0.25, -0.2) is 0 Å². The van der Waals surface area contributed by atoms with E-state index in [-0.39, 0.29) is 81.0 Å². The normalized spacial score (nSPS) is 16.5. The van der Waals surface area contributed by atoms with E-state index in [1.807, 2.05) is 37.7 Å². The molecule has 9 heteroatoms. The van der Waals surface area contributed by atoms with E-state index in [1.54, 1.807) is 4.90 Å². The van der Waals surface area contributed by atoms with Gasteiger partial charge < -0.3 is 21.5 Å². The van der Waals surface area contributed by atoms with Crippen LogP contribution in [0.2, 0.25) is 0 Å². The zero-order valence-electron chi connectivity index (χ0n) is 20.0. The van der Waals surface area contributed by atoms with Crippen molar-refractivity contribution >= 4 is 23.2 Å². The van der Waals surface area contributed by atoms with E-state index in [0.717, 1.165) is 41.5 Å². The molecule has 1 aliphatic heterocycles. The number of hydrogen-bond acceptors (Lipinski definition) is 4. The Balaban J connectivity index is 0.000000557. The van der Waals surface area contributed by atoms with E-state index in [1.165, 1.54) is 0 Å². The van der Waals surface area contributed by atoms with Crippen LogP contribution in [0.5, 0.6) is 0 Å². The summed E-state index contributed by atoms with van der Waals surface area (Å²) in [4.78, 5) is 23.8. The van der Waals surface area contributed by atoms with Gasteiger partial charge in [0.05, 0.1) is 23.4 Å². The standard InChI is InChI=1S/C12H15N3O.C10H19NO2.K.H2N/c1-8(13-7-16)10-4-5-12-11(6-10)9(2)14-15(12)3;1-10(2,3)6-9(13)11-5-4-8(12)7-11;;/h4-8H,1-3H3,(H,13,16);8,12H,4-7H2,1-3H3;;1H2/q;;+1;-1. The summed E-state index contributed by atoms with van der Waals surface area (Å²) in [6.45, 7) is 11.3. The molecule has 1 aliphatic rings. The van der Waals surface area contributed by atoms with Gasteiger partial charge in [0, 0.05) is 31.9 Å². The molecule has 1 aromatic heterocycles. The molecular formula is C22H36KN5O3. The molecule has 2 amide bonds. The van der Waals surface area contributed by atoms with Gasteiger partial charge >= 0.3 is 51.4 Å². The van der Waals surface area contributed by atoms with Gasteiger partial charge in [-0.3, -0.25) is 14.3 Å². The molecular weight excluding hydrogens is 421 g/mol. The van der Waals surface area contributed by atoms with Crippen LogP contribution in [-0.4, -0.2) is 51.3 Å². The van der Waals surface area contributed by atoms with E-state index >= 15 is 0 Å². The van der Waals surface area contributed by atoms with E-state index in [4.69, 9.17) is 0 Å². The Bertz CT molecular complexity index is 863. The van der Waals surface area contributed by atoms with Crippen LogP contribution in [0.3, 0.4) is 0 Å². The zero-order chi connectivity index (χ0) is 21.8. The first-order valence-corrected chi connectivity index (χ1v) is 10.1. The summed E-state index contributed by atoms with van der Waals surface area (Å²) in [5.41, 5.74) is 3.26. The van der Waals surface area contributed by atoms with Crippen molar-refractivity contribution in [2.75, 3.05) is 13.1 Å². The Hall–Kier alpha value is -0.814. The van der Waals surface area contributed by atoms with Crippen molar-refractivity contribution in [3.05, 3.63) is 35.6 Å². The number of nitrogens with zero attached hydrogens (tertiary/aromatic N) is 3. The fourth-order valence-electron chi connectivity index (χ4n) is 3.46. The average Bonchev–Trinajstić information content (AvgIpc) is 3.18. The molecule has 1 fully saturated rings. The number of rotatable bonds is 4. The Labute approximate surface area is 228 Å². The molecule has 2 heterocycles. The van der Waals surface area contributed by atoms with E-state index in [0.29, 0.717) is 13.0 Å². The molecule has 8 nitrogen and oxygen atoms in total. The van der Waals surface area contributed by atoms with Crippen molar-refractivity contribution < 1.29 is 66.1 Å². The van der Waals surface area contributed by atoms with E-state index < -0.39 is 0 Å². The number of hydrogen-bond donors (Lipinski definition) is 2. The van der Waals surface area contributed by atoms with Crippen LogP contribution in [0.25, 0.3) is 17.1 Å². The number of aliphatic hydroxyl groups excluding tert-OH is 1. The molecule has 2 atom stereocenters. The summed E-state index contributed by atoms with van der Waals surface area (Å²) in [7, 11) is 1.93. The first-order valence-electron chi connectivity index (χ1n) is 10.1. The maximum Gasteiger partial charge on any atom is 1.00 e. The van der Waals surface area contributed by atoms with Crippen LogP contribution < -0.4 is 56.7 Å². The quantitative estimate of drug-likeness (QED) is 0.511. The summed E-state index contributed by atoms with van der Waals surface area (Å²) in [6.07, 6.45) is 1.73. The summed E-state index contributed by atoms with van der Waals surface area (Å²) < 4.78 is 1.87. The van der Waals surface area contributed by atoms with Gasteiger partial charge in [-0.15, -0.1) is 0 Å². The third-order valence-corrected chi connectivity index (χ3v) is 5.07.